The largest absolute Gasteiger partial charge is 0.508 e. The van der Waals surface area contributed by atoms with Gasteiger partial charge in [0.05, 0.1) is 18.8 Å². The fraction of sp³-hybridized carbons (Fsp3) is 0.433. The number of nitrogens with zero attached hydrogens (tertiary/aromatic N) is 6. The number of aromatic hydroxyl groups is 1. The summed E-state index contributed by atoms with van der Waals surface area (Å²) in [6, 6.07) is 12.1. The molecule has 3 aromatic rings. The molecule has 0 radical (unpaired) electrons. The van der Waals surface area contributed by atoms with Crippen molar-refractivity contribution in [3.63, 3.8) is 0 Å². The third-order valence-corrected chi connectivity index (χ3v) is 7.99. The van der Waals surface area contributed by atoms with Gasteiger partial charge in [-0.25, -0.2) is 0 Å². The van der Waals surface area contributed by atoms with Gasteiger partial charge in [-0.1, -0.05) is 30.8 Å². The van der Waals surface area contributed by atoms with Crippen molar-refractivity contribution in [1.82, 2.24) is 19.8 Å². The number of likely N-dealkylation sites (N-methyl/N-ethyl adjacent to an activating group) is 1. The molecule has 0 bridgehead atoms. The number of carbonyl (C=O) groups excluding carboxylic acids is 1. The van der Waals surface area contributed by atoms with Crippen molar-refractivity contribution in [3.8, 4) is 11.8 Å². The van der Waals surface area contributed by atoms with E-state index in [-0.39, 0.29) is 17.8 Å². The molecule has 10 nitrogen and oxygen atoms in total. The highest BCUT2D eigenvalue weighted by atomic mass is 16.5. The Bertz CT molecular complexity index is 1410. The topological polar surface area (TPSA) is 94.5 Å². The minimum atomic E-state index is -0.0418. The molecular formula is C30H36N6O4. The molecule has 210 valence electrons. The van der Waals surface area contributed by atoms with Gasteiger partial charge < -0.3 is 34.2 Å². The van der Waals surface area contributed by atoms with Crippen LogP contribution in [0, 0.1) is 0 Å². The molecule has 3 aliphatic rings. The highest BCUT2D eigenvalue weighted by Crippen LogP contribution is 2.36. The van der Waals surface area contributed by atoms with Gasteiger partial charge in [0, 0.05) is 68.5 Å². The van der Waals surface area contributed by atoms with Crippen LogP contribution in [0.25, 0.3) is 10.8 Å². The van der Waals surface area contributed by atoms with Gasteiger partial charge >= 0.3 is 6.01 Å². The number of rotatable bonds is 6. The second-order valence-corrected chi connectivity index (χ2v) is 10.7. The van der Waals surface area contributed by atoms with Crippen LogP contribution in [-0.2, 0) is 22.5 Å². The Morgan fingerprint density at radius 1 is 1.12 bits per heavy atom. The molecule has 1 aromatic heterocycles. The highest BCUT2D eigenvalue weighted by molar-refractivity contribution is 5.95. The zero-order valence-corrected chi connectivity index (χ0v) is 23.0. The molecule has 3 aliphatic heterocycles. The first kappa shape index (κ1) is 26.3. The Kier molecular flexibility index (Phi) is 7.44. The van der Waals surface area contributed by atoms with Crippen molar-refractivity contribution in [2.45, 2.75) is 19.1 Å². The van der Waals surface area contributed by atoms with Crippen molar-refractivity contribution in [1.29, 1.82) is 0 Å². The van der Waals surface area contributed by atoms with Gasteiger partial charge in [-0.3, -0.25) is 4.79 Å². The molecule has 1 unspecified atom stereocenters. The van der Waals surface area contributed by atoms with Crippen LogP contribution in [0.15, 0.2) is 49.1 Å². The lowest BCUT2D eigenvalue weighted by molar-refractivity contribution is -0.126. The zero-order chi connectivity index (χ0) is 27.6. The van der Waals surface area contributed by atoms with Crippen molar-refractivity contribution in [2.75, 3.05) is 75.9 Å². The van der Waals surface area contributed by atoms with Crippen molar-refractivity contribution < 1.29 is 19.4 Å². The van der Waals surface area contributed by atoms with Crippen molar-refractivity contribution in [3.05, 3.63) is 60.3 Å². The summed E-state index contributed by atoms with van der Waals surface area (Å²) in [5.41, 5.74) is 3.02. The predicted octanol–water partition coefficient (Wildman–Crippen LogP) is 2.44. The Labute approximate surface area is 234 Å². The quantitative estimate of drug-likeness (QED) is 0.470. The van der Waals surface area contributed by atoms with Gasteiger partial charge in [-0.2, -0.15) is 9.97 Å². The SMILES string of the molecule is C=CC(=O)N1CCN(c2nc(OCC3CN(C)CCO3)nc3c2CCN(c2cc(O)cc4ccccc24)C3)CC1. The summed E-state index contributed by atoms with van der Waals surface area (Å²) in [5.74, 6) is 1.09. The van der Waals surface area contributed by atoms with Crippen LogP contribution in [0.1, 0.15) is 11.3 Å². The fourth-order valence-corrected chi connectivity index (χ4v) is 5.86. The Balaban J connectivity index is 1.30. The monoisotopic (exact) mass is 544 g/mol. The van der Waals surface area contributed by atoms with Crippen LogP contribution in [0.3, 0.4) is 0 Å². The van der Waals surface area contributed by atoms with E-state index >= 15 is 0 Å². The number of anilines is 2. The minimum Gasteiger partial charge on any atom is -0.508 e. The van der Waals surface area contributed by atoms with Gasteiger partial charge in [0.2, 0.25) is 5.91 Å². The molecule has 0 saturated carbocycles. The number of morpholine rings is 1. The van der Waals surface area contributed by atoms with Crippen LogP contribution in [0.2, 0.25) is 0 Å². The Morgan fingerprint density at radius 3 is 2.75 bits per heavy atom. The number of carbonyl (C=O) groups is 1. The minimum absolute atomic E-state index is 0.0366. The van der Waals surface area contributed by atoms with E-state index in [9.17, 15) is 9.90 Å². The molecule has 2 saturated heterocycles. The molecule has 6 rings (SSSR count). The lowest BCUT2D eigenvalue weighted by Gasteiger charge is -2.38. The van der Waals surface area contributed by atoms with Gasteiger partial charge in [0.15, 0.2) is 0 Å². The van der Waals surface area contributed by atoms with E-state index in [1.807, 2.05) is 29.2 Å². The average Bonchev–Trinajstić information content (AvgIpc) is 2.98. The Morgan fingerprint density at radius 2 is 1.95 bits per heavy atom. The molecular weight excluding hydrogens is 508 g/mol. The highest BCUT2D eigenvalue weighted by Gasteiger charge is 2.29. The number of hydrogen-bond acceptors (Lipinski definition) is 9. The smallest absolute Gasteiger partial charge is 0.318 e. The molecule has 1 amide bonds. The lowest BCUT2D eigenvalue weighted by atomic mass is 10.0. The molecule has 1 N–H and O–H groups in total. The fourth-order valence-electron chi connectivity index (χ4n) is 5.86. The average molecular weight is 545 g/mol. The van der Waals surface area contributed by atoms with Gasteiger partial charge in [-0.05, 0) is 31.0 Å². The normalized spacial score (nSPS) is 19.9. The number of phenols is 1. The third-order valence-electron chi connectivity index (χ3n) is 7.99. The second-order valence-electron chi connectivity index (χ2n) is 10.7. The maximum absolute atomic E-state index is 12.1. The number of aromatic nitrogens is 2. The first-order chi connectivity index (χ1) is 19.5. The van der Waals surface area contributed by atoms with E-state index in [4.69, 9.17) is 19.4 Å². The van der Waals surface area contributed by atoms with Crippen molar-refractivity contribution >= 4 is 28.2 Å². The van der Waals surface area contributed by atoms with E-state index in [0.717, 1.165) is 59.6 Å². The summed E-state index contributed by atoms with van der Waals surface area (Å²) in [5, 5.41) is 12.6. The van der Waals surface area contributed by atoms with Crippen LogP contribution in [-0.4, -0.2) is 103 Å². The molecule has 10 heteroatoms. The number of phenolic OH excluding ortho intramolecular Hbond substituents is 1. The molecule has 40 heavy (non-hydrogen) atoms. The van der Waals surface area contributed by atoms with Crippen LogP contribution < -0.4 is 14.5 Å². The number of hydrogen-bond donors (Lipinski definition) is 1. The number of fused-ring (bicyclic) bond motifs is 2. The van der Waals surface area contributed by atoms with Crippen LogP contribution in [0.4, 0.5) is 11.5 Å². The molecule has 2 aromatic carbocycles. The standard InChI is InChI=1S/C30H36N6O4/c1-3-28(38)34-10-12-35(13-11-34)29-25-8-9-36(27-17-22(37)16-21-6-4-5-7-24(21)27)19-26(25)31-30(32-29)40-20-23-18-33(2)14-15-39-23/h3-7,16-17,23,37H,1,8-15,18-20H2,2H3. The van der Waals surface area contributed by atoms with Gasteiger partial charge in [-0.15, -0.1) is 0 Å². The molecule has 0 spiro atoms. The number of amides is 1. The van der Waals surface area contributed by atoms with E-state index in [2.05, 4.69) is 34.4 Å². The summed E-state index contributed by atoms with van der Waals surface area (Å²) in [6.45, 7) is 10.3. The zero-order valence-electron chi connectivity index (χ0n) is 23.0. The summed E-state index contributed by atoms with van der Waals surface area (Å²) < 4.78 is 12.1. The summed E-state index contributed by atoms with van der Waals surface area (Å²) in [7, 11) is 2.08. The molecule has 0 aliphatic carbocycles. The maximum atomic E-state index is 12.1. The van der Waals surface area contributed by atoms with Crippen LogP contribution in [0.5, 0.6) is 11.8 Å². The van der Waals surface area contributed by atoms with E-state index in [1.165, 1.54) is 6.08 Å². The third kappa shape index (κ3) is 5.41. The number of ether oxygens (including phenoxy) is 2. The van der Waals surface area contributed by atoms with E-state index in [1.54, 1.807) is 6.07 Å². The first-order valence-corrected chi connectivity index (χ1v) is 13.9. The molecule has 2 fully saturated rings. The maximum Gasteiger partial charge on any atom is 0.318 e. The van der Waals surface area contributed by atoms with Crippen molar-refractivity contribution in [2.24, 2.45) is 0 Å². The van der Waals surface area contributed by atoms with E-state index in [0.29, 0.717) is 51.9 Å². The predicted molar refractivity (Wildman–Crippen MR) is 154 cm³/mol. The first-order valence-electron chi connectivity index (χ1n) is 13.9. The Hall–Kier alpha value is -3.89. The summed E-state index contributed by atoms with van der Waals surface area (Å²) >= 11 is 0. The lowest BCUT2D eigenvalue weighted by Crippen LogP contribution is -2.49. The van der Waals surface area contributed by atoms with Gasteiger partial charge in [0.25, 0.3) is 0 Å². The summed E-state index contributed by atoms with van der Waals surface area (Å²) in [4.78, 5) is 30.5. The molecule has 4 heterocycles. The van der Waals surface area contributed by atoms with Crippen LogP contribution >= 0.6 is 0 Å². The number of piperazine rings is 1. The van der Waals surface area contributed by atoms with E-state index < -0.39 is 0 Å². The van der Waals surface area contributed by atoms with Gasteiger partial charge in [0.1, 0.15) is 24.3 Å². The second kappa shape index (κ2) is 11.3. The number of benzene rings is 2. The summed E-state index contributed by atoms with van der Waals surface area (Å²) in [6.07, 6.45) is 2.10. The molecule has 1 atom stereocenters.